The van der Waals surface area contributed by atoms with E-state index in [0.717, 1.165) is 17.9 Å². The fraction of sp³-hybridized carbons (Fsp3) is 1.00. The lowest BCUT2D eigenvalue weighted by molar-refractivity contribution is 0.0718. The topological polar surface area (TPSA) is 15.3 Å². The van der Waals surface area contributed by atoms with Crippen molar-refractivity contribution in [3.05, 3.63) is 0 Å². The number of hydrogen-bond donors (Lipinski definition) is 1. The zero-order chi connectivity index (χ0) is 10.7. The van der Waals surface area contributed by atoms with Gasteiger partial charge >= 0.3 is 0 Å². The van der Waals surface area contributed by atoms with Gasteiger partial charge in [0.25, 0.3) is 0 Å². The van der Waals surface area contributed by atoms with Crippen molar-refractivity contribution < 1.29 is 0 Å². The quantitative estimate of drug-likeness (QED) is 0.764. The van der Waals surface area contributed by atoms with E-state index in [1.165, 1.54) is 51.9 Å². The maximum absolute atomic E-state index is 3.52. The highest BCUT2D eigenvalue weighted by Gasteiger charge is 2.31. The maximum Gasteiger partial charge on any atom is 0.0100 e. The Bertz CT molecular complexity index is 181. The molecule has 2 fully saturated rings. The molecule has 1 atom stereocenters. The van der Waals surface area contributed by atoms with Crippen LogP contribution in [0, 0.1) is 11.8 Å². The van der Waals surface area contributed by atoms with E-state index in [9.17, 15) is 0 Å². The second kappa shape index (κ2) is 5.31. The summed E-state index contributed by atoms with van der Waals surface area (Å²) in [5, 5.41) is 3.52. The number of nitrogens with one attached hydrogen (secondary N) is 1. The van der Waals surface area contributed by atoms with Crippen molar-refractivity contribution in [2.45, 2.75) is 45.6 Å². The van der Waals surface area contributed by atoms with Crippen molar-refractivity contribution in [2.75, 3.05) is 26.2 Å². The SMILES string of the molecule is CCN(CC1CCCNC1)C1CC(C)C1. The molecule has 1 aliphatic carbocycles. The van der Waals surface area contributed by atoms with Gasteiger partial charge < -0.3 is 10.2 Å². The Balaban J connectivity index is 1.74. The van der Waals surface area contributed by atoms with Gasteiger partial charge in [-0.15, -0.1) is 0 Å². The predicted molar refractivity (Wildman–Crippen MR) is 65.0 cm³/mol. The Morgan fingerprint density at radius 3 is 2.67 bits per heavy atom. The largest absolute Gasteiger partial charge is 0.316 e. The third-order valence-electron chi connectivity index (χ3n) is 4.16. The van der Waals surface area contributed by atoms with Crippen LogP contribution in [-0.4, -0.2) is 37.1 Å². The van der Waals surface area contributed by atoms with Crippen LogP contribution in [0.5, 0.6) is 0 Å². The lowest BCUT2D eigenvalue weighted by Crippen LogP contribution is -2.47. The third-order valence-corrected chi connectivity index (χ3v) is 4.16. The first-order chi connectivity index (χ1) is 7.29. The molecule has 1 saturated carbocycles. The highest BCUT2D eigenvalue weighted by molar-refractivity contribution is 4.86. The molecule has 0 aromatic rings. The Labute approximate surface area is 94.4 Å². The molecule has 0 bridgehead atoms. The molecule has 2 rings (SSSR count). The summed E-state index contributed by atoms with van der Waals surface area (Å²) in [5.74, 6) is 1.89. The number of piperidine rings is 1. The molecule has 0 radical (unpaired) electrons. The number of hydrogen-bond acceptors (Lipinski definition) is 2. The summed E-state index contributed by atoms with van der Waals surface area (Å²) in [6.07, 6.45) is 5.69. The molecular formula is C13H26N2. The van der Waals surface area contributed by atoms with E-state index in [0.29, 0.717) is 0 Å². The van der Waals surface area contributed by atoms with Crippen molar-refractivity contribution in [3.63, 3.8) is 0 Å². The summed E-state index contributed by atoms with van der Waals surface area (Å²) in [4.78, 5) is 2.72. The first kappa shape index (κ1) is 11.4. The van der Waals surface area contributed by atoms with E-state index in [4.69, 9.17) is 0 Å². The monoisotopic (exact) mass is 210 g/mol. The molecule has 1 N–H and O–H groups in total. The van der Waals surface area contributed by atoms with Gasteiger partial charge in [-0.3, -0.25) is 0 Å². The van der Waals surface area contributed by atoms with E-state index in [2.05, 4.69) is 24.1 Å². The minimum atomic E-state index is 0.909. The number of nitrogens with zero attached hydrogens (tertiary/aromatic N) is 1. The maximum atomic E-state index is 3.52. The summed E-state index contributed by atoms with van der Waals surface area (Å²) in [6, 6.07) is 0.909. The van der Waals surface area contributed by atoms with Crippen molar-refractivity contribution >= 4 is 0 Å². The van der Waals surface area contributed by atoms with E-state index in [-0.39, 0.29) is 0 Å². The van der Waals surface area contributed by atoms with Crippen LogP contribution in [-0.2, 0) is 0 Å². The van der Waals surface area contributed by atoms with Gasteiger partial charge in [-0.2, -0.15) is 0 Å². The molecule has 88 valence electrons. The van der Waals surface area contributed by atoms with Crippen LogP contribution in [0.4, 0.5) is 0 Å². The average Bonchev–Trinajstić information content (AvgIpc) is 2.23. The molecule has 1 unspecified atom stereocenters. The molecule has 0 aromatic heterocycles. The zero-order valence-corrected chi connectivity index (χ0v) is 10.3. The summed E-state index contributed by atoms with van der Waals surface area (Å²) in [5.41, 5.74) is 0. The summed E-state index contributed by atoms with van der Waals surface area (Å²) >= 11 is 0. The van der Waals surface area contributed by atoms with Gasteiger partial charge in [-0.1, -0.05) is 13.8 Å². The van der Waals surface area contributed by atoms with Gasteiger partial charge in [0.1, 0.15) is 0 Å². The summed E-state index contributed by atoms with van der Waals surface area (Å²) in [6.45, 7) is 9.77. The lowest BCUT2D eigenvalue weighted by Gasteiger charge is -2.43. The van der Waals surface area contributed by atoms with Crippen molar-refractivity contribution in [1.29, 1.82) is 0 Å². The first-order valence-electron chi connectivity index (χ1n) is 6.74. The van der Waals surface area contributed by atoms with E-state index < -0.39 is 0 Å². The summed E-state index contributed by atoms with van der Waals surface area (Å²) < 4.78 is 0. The van der Waals surface area contributed by atoms with Crippen LogP contribution in [0.15, 0.2) is 0 Å². The molecule has 1 saturated heterocycles. The molecule has 0 amide bonds. The van der Waals surface area contributed by atoms with Crippen LogP contribution in [0.25, 0.3) is 0 Å². The van der Waals surface area contributed by atoms with E-state index in [1.54, 1.807) is 0 Å². The van der Waals surface area contributed by atoms with Gasteiger partial charge in [-0.05, 0) is 57.2 Å². The van der Waals surface area contributed by atoms with Crippen molar-refractivity contribution in [2.24, 2.45) is 11.8 Å². The molecule has 15 heavy (non-hydrogen) atoms. The minimum absolute atomic E-state index is 0.909. The lowest BCUT2D eigenvalue weighted by atomic mass is 9.80. The number of rotatable bonds is 4. The average molecular weight is 210 g/mol. The summed E-state index contributed by atoms with van der Waals surface area (Å²) in [7, 11) is 0. The Morgan fingerprint density at radius 1 is 1.33 bits per heavy atom. The highest BCUT2D eigenvalue weighted by atomic mass is 15.2. The second-order valence-electron chi connectivity index (χ2n) is 5.53. The molecule has 2 nitrogen and oxygen atoms in total. The van der Waals surface area contributed by atoms with E-state index in [1.807, 2.05) is 0 Å². The van der Waals surface area contributed by atoms with Crippen LogP contribution in [0.3, 0.4) is 0 Å². The standard InChI is InChI=1S/C13H26N2/c1-3-15(13-7-11(2)8-13)10-12-5-4-6-14-9-12/h11-14H,3-10H2,1-2H3. The van der Waals surface area contributed by atoms with Crippen LogP contribution in [0.2, 0.25) is 0 Å². The second-order valence-corrected chi connectivity index (χ2v) is 5.53. The Kier molecular flexibility index (Phi) is 4.04. The molecule has 2 aliphatic rings. The van der Waals surface area contributed by atoms with Crippen LogP contribution < -0.4 is 5.32 Å². The zero-order valence-electron chi connectivity index (χ0n) is 10.3. The first-order valence-corrected chi connectivity index (χ1v) is 6.74. The smallest absolute Gasteiger partial charge is 0.0100 e. The molecular weight excluding hydrogens is 184 g/mol. The fourth-order valence-electron chi connectivity index (χ4n) is 3.11. The van der Waals surface area contributed by atoms with Gasteiger partial charge in [0, 0.05) is 12.6 Å². The normalized spacial score (nSPS) is 36.6. The van der Waals surface area contributed by atoms with Crippen LogP contribution >= 0.6 is 0 Å². The minimum Gasteiger partial charge on any atom is -0.316 e. The van der Waals surface area contributed by atoms with Crippen LogP contribution in [0.1, 0.15) is 39.5 Å². The van der Waals surface area contributed by atoms with Crippen molar-refractivity contribution in [3.8, 4) is 0 Å². The van der Waals surface area contributed by atoms with Gasteiger partial charge in [0.15, 0.2) is 0 Å². The molecule has 1 heterocycles. The highest BCUT2D eigenvalue weighted by Crippen LogP contribution is 2.31. The third kappa shape index (κ3) is 2.94. The van der Waals surface area contributed by atoms with Gasteiger partial charge in [0.2, 0.25) is 0 Å². The molecule has 0 aromatic carbocycles. The molecule has 1 aliphatic heterocycles. The Hall–Kier alpha value is -0.0800. The predicted octanol–water partition coefficient (Wildman–Crippen LogP) is 2.11. The van der Waals surface area contributed by atoms with Gasteiger partial charge in [-0.25, -0.2) is 0 Å². The fourth-order valence-corrected chi connectivity index (χ4v) is 3.11. The Morgan fingerprint density at radius 2 is 2.13 bits per heavy atom. The van der Waals surface area contributed by atoms with Gasteiger partial charge in [0.05, 0.1) is 0 Å². The van der Waals surface area contributed by atoms with E-state index >= 15 is 0 Å². The molecule has 0 spiro atoms. The van der Waals surface area contributed by atoms with Crippen molar-refractivity contribution in [1.82, 2.24) is 10.2 Å². The molecule has 2 heteroatoms.